The van der Waals surface area contributed by atoms with Gasteiger partial charge in [-0.15, -0.1) is 0 Å². The minimum Gasteiger partial charge on any atom is -0.654 e. The molecule has 0 spiro atoms. The van der Waals surface area contributed by atoms with Crippen molar-refractivity contribution in [1.82, 2.24) is 0 Å². The molecule has 0 radical (unpaired) electrons. The Morgan fingerprint density at radius 3 is 1.11 bits per heavy atom. The van der Waals surface area contributed by atoms with Crippen LogP contribution >= 0.6 is 0 Å². The van der Waals surface area contributed by atoms with E-state index in [9.17, 15) is 9.59 Å². The molecule has 0 rings (SSSR count). The zero-order valence-corrected chi connectivity index (χ0v) is 11.7. The smallest absolute Gasteiger partial charge is 0.654 e. The van der Waals surface area contributed by atoms with Gasteiger partial charge in [0, 0.05) is 0 Å². The van der Waals surface area contributed by atoms with Crippen LogP contribution < -0.4 is 0 Å². The minimum absolute atomic E-state index is 0. The Bertz CT molecular complexity index is 279. The molecule has 0 aromatic rings. The summed E-state index contributed by atoms with van der Waals surface area (Å²) in [6.07, 6.45) is 0. The van der Waals surface area contributed by atoms with Crippen molar-refractivity contribution < 1.29 is 60.7 Å². The van der Waals surface area contributed by atoms with E-state index in [2.05, 4.69) is 10.6 Å². The summed E-state index contributed by atoms with van der Waals surface area (Å²) < 4.78 is 0. The maximum atomic E-state index is 9.92. The summed E-state index contributed by atoms with van der Waals surface area (Å²) in [7, 11) is 0. The predicted octanol–water partition coefficient (Wildman–Crippen LogP) is -0.944. The summed E-state index contributed by atoms with van der Waals surface area (Å²) >= 11 is 0. The van der Waals surface area contributed by atoms with Crippen LogP contribution in [0.25, 0.3) is 10.6 Å². The maximum absolute atomic E-state index is 9.92. The molecule has 0 aliphatic heterocycles. The van der Waals surface area contributed by atoms with Crippen LogP contribution in [0.5, 0.6) is 0 Å². The van der Waals surface area contributed by atoms with Crippen molar-refractivity contribution in [3.63, 3.8) is 0 Å². The summed E-state index contributed by atoms with van der Waals surface area (Å²) in [6, 6.07) is 0. The first-order chi connectivity index (χ1) is 8.27. The molecule has 4 N–H and O–H groups in total. The first-order valence-corrected chi connectivity index (χ1v) is 4.43. The molecule has 112 valence electrons. The number of rotatable bonds is 7. The quantitative estimate of drug-likeness (QED) is 0.278. The second-order valence-corrected chi connectivity index (χ2v) is 2.61. The maximum Gasteiger partial charge on any atom is 2.00 e. The number of nitrogens with zero attached hydrogens (tertiary/aromatic N) is 2. The minimum atomic E-state index is -1.82. The topological polar surface area (TPSA) is 177 Å². The standard InChI is InChI=1S/C6H10N2O4.C2H2O4.Pt/c9-5(10)3-7-1-2-8-4-6(11)12;3-1(4)2(5)6;/h1-4H2,(H,9,10)(H,11,12);(H,3,4)(H,5,6);/q-2;;+2. The van der Waals surface area contributed by atoms with Crippen molar-refractivity contribution >= 4 is 23.9 Å². The molecule has 0 aliphatic rings. The van der Waals surface area contributed by atoms with E-state index in [1.807, 2.05) is 0 Å². The molecule has 11 heteroatoms. The number of carbonyl (C=O) groups is 4. The fraction of sp³-hybridized carbons (Fsp3) is 0.500. The second-order valence-electron chi connectivity index (χ2n) is 2.61. The summed E-state index contributed by atoms with van der Waals surface area (Å²) in [5.41, 5.74) is 0. The van der Waals surface area contributed by atoms with Gasteiger partial charge in [-0.05, 0) is 13.1 Å². The Balaban J connectivity index is -0.000000313. The third-order valence-electron chi connectivity index (χ3n) is 1.09. The molecule has 0 heterocycles. The molecule has 0 amide bonds. The summed E-state index contributed by atoms with van der Waals surface area (Å²) in [4.78, 5) is 38.0. The summed E-state index contributed by atoms with van der Waals surface area (Å²) in [6.45, 7) is 0.0321. The van der Waals surface area contributed by atoms with Gasteiger partial charge in [0.1, 0.15) is 0 Å². The van der Waals surface area contributed by atoms with Gasteiger partial charge in [0.05, 0.1) is 0 Å². The molecule has 0 atom stereocenters. The zero-order chi connectivity index (χ0) is 14.6. The predicted molar refractivity (Wildman–Crippen MR) is 56.7 cm³/mol. The van der Waals surface area contributed by atoms with Crippen LogP contribution in [0.2, 0.25) is 0 Å². The first-order valence-electron chi connectivity index (χ1n) is 4.43. The molecule has 0 unspecified atom stereocenters. The number of carboxylic acids is 4. The molecule has 0 fully saturated rings. The molecule has 0 aliphatic carbocycles. The van der Waals surface area contributed by atoms with Crippen LogP contribution in [0.15, 0.2) is 0 Å². The Morgan fingerprint density at radius 1 is 0.684 bits per heavy atom. The summed E-state index contributed by atoms with van der Waals surface area (Å²) in [5.74, 6) is -5.63. The number of hydrogen-bond acceptors (Lipinski definition) is 4. The third kappa shape index (κ3) is 26.2. The van der Waals surface area contributed by atoms with Crippen LogP contribution in [0.4, 0.5) is 0 Å². The van der Waals surface area contributed by atoms with E-state index in [1.165, 1.54) is 0 Å². The van der Waals surface area contributed by atoms with Gasteiger partial charge in [-0.25, -0.2) is 9.59 Å². The van der Waals surface area contributed by atoms with Crippen molar-refractivity contribution in [2.24, 2.45) is 0 Å². The molecular formula is C8H12N2O8Pt. The fourth-order valence-corrected chi connectivity index (χ4v) is 0.491. The number of hydrogen-bond donors (Lipinski definition) is 4. The van der Waals surface area contributed by atoms with E-state index in [-0.39, 0.29) is 47.2 Å². The van der Waals surface area contributed by atoms with Crippen molar-refractivity contribution in [1.29, 1.82) is 0 Å². The van der Waals surface area contributed by atoms with E-state index in [4.69, 9.17) is 30.0 Å². The van der Waals surface area contributed by atoms with E-state index < -0.39 is 23.9 Å². The van der Waals surface area contributed by atoms with Gasteiger partial charge in [0.15, 0.2) is 0 Å². The number of carboxylic acid groups (broad SMARTS) is 4. The van der Waals surface area contributed by atoms with Crippen molar-refractivity contribution in [2.45, 2.75) is 0 Å². The average molecular weight is 459 g/mol. The first kappa shape index (κ1) is 22.6. The molecular weight excluding hydrogens is 447 g/mol. The van der Waals surface area contributed by atoms with Crippen LogP contribution in [0.1, 0.15) is 0 Å². The van der Waals surface area contributed by atoms with Crippen LogP contribution in [-0.4, -0.2) is 70.5 Å². The molecule has 0 saturated heterocycles. The molecule has 0 aromatic carbocycles. The summed E-state index contributed by atoms with van der Waals surface area (Å²) in [5, 5.41) is 38.2. The van der Waals surface area contributed by atoms with E-state index in [1.54, 1.807) is 0 Å². The normalized spacial score (nSPS) is 8.42. The van der Waals surface area contributed by atoms with E-state index >= 15 is 0 Å². The molecule has 0 saturated carbocycles. The number of aliphatic carboxylic acids is 4. The largest absolute Gasteiger partial charge is 2.00 e. The average Bonchev–Trinajstić information content (AvgIpc) is 2.23. The molecule has 0 bridgehead atoms. The van der Waals surface area contributed by atoms with Crippen LogP contribution in [0.3, 0.4) is 0 Å². The van der Waals surface area contributed by atoms with Crippen molar-refractivity contribution in [3.8, 4) is 0 Å². The molecule has 10 nitrogen and oxygen atoms in total. The van der Waals surface area contributed by atoms with Crippen molar-refractivity contribution in [2.75, 3.05) is 26.2 Å². The van der Waals surface area contributed by atoms with Gasteiger partial charge in [-0.1, -0.05) is 0 Å². The monoisotopic (exact) mass is 459 g/mol. The molecule has 19 heavy (non-hydrogen) atoms. The van der Waals surface area contributed by atoms with Gasteiger partial charge in [0.2, 0.25) is 0 Å². The van der Waals surface area contributed by atoms with Crippen LogP contribution in [0, 0.1) is 0 Å². The van der Waals surface area contributed by atoms with Gasteiger partial charge in [-0.3, -0.25) is 9.59 Å². The Labute approximate surface area is 122 Å². The van der Waals surface area contributed by atoms with E-state index in [0.717, 1.165) is 0 Å². The SMILES string of the molecule is O=C(O)C(=O)O.O=C(O)C[N-]CC[N-]CC(=O)O.[Pt+2]. The Morgan fingerprint density at radius 2 is 0.947 bits per heavy atom. The van der Waals surface area contributed by atoms with Crippen LogP contribution in [-0.2, 0) is 40.2 Å². The van der Waals surface area contributed by atoms with Gasteiger partial charge in [-0.2, -0.15) is 13.1 Å². The zero-order valence-electron chi connectivity index (χ0n) is 9.46. The second kappa shape index (κ2) is 14.5. The van der Waals surface area contributed by atoms with Crippen molar-refractivity contribution in [3.05, 3.63) is 10.6 Å². The Hall–Kier alpha value is -1.51. The Kier molecular flexibility index (Phi) is 17.3. The molecule has 0 aromatic heterocycles. The van der Waals surface area contributed by atoms with Gasteiger partial charge >= 0.3 is 33.0 Å². The van der Waals surface area contributed by atoms with Gasteiger partial charge < -0.3 is 31.1 Å². The third-order valence-corrected chi connectivity index (χ3v) is 1.09. The van der Waals surface area contributed by atoms with Gasteiger partial charge in [0.25, 0.3) is 11.9 Å². The van der Waals surface area contributed by atoms with E-state index in [0.29, 0.717) is 0 Å². The fourth-order valence-electron chi connectivity index (χ4n) is 0.491.